The van der Waals surface area contributed by atoms with Crippen molar-refractivity contribution in [2.75, 3.05) is 32.9 Å². The third kappa shape index (κ3) is 4.72. The third-order valence-corrected chi connectivity index (χ3v) is 7.52. The number of aryl methyl sites for hydroxylation is 1. The van der Waals surface area contributed by atoms with Crippen LogP contribution in [0.25, 0.3) is 16.7 Å². The minimum atomic E-state index is -1.36. The van der Waals surface area contributed by atoms with Crippen LogP contribution in [0.15, 0.2) is 41.5 Å². The van der Waals surface area contributed by atoms with Crippen molar-refractivity contribution in [1.82, 2.24) is 23.9 Å². The Morgan fingerprint density at radius 3 is 2.35 bits per heavy atom. The number of benzene rings is 1. The molecule has 3 aromatic heterocycles. The molecule has 0 unspecified atom stereocenters. The second kappa shape index (κ2) is 10.4. The molecule has 4 aromatic rings. The van der Waals surface area contributed by atoms with Gasteiger partial charge in [-0.2, -0.15) is 4.39 Å². The molecule has 1 aliphatic rings. The molecule has 1 aliphatic heterocycles. The predicted octanol–water partition coefficient (Wildman–Crippen LogP) is 3.94. The van der Waals surface area contributed by atoms with Crippen molar-refractivity contribution in [3.05, 3.63) is 87.1 Å². The summed E-state index contributed by atoms with van der Waals surface area (Å²) < 4.78 is 60.9. The minimum absolute atomic E-state index is 0.00167. The number of amides is 1. The summed E-state index contributed by atoms with van der Waals surface area (Å²) in [5.41, 5.74) is 5.00. The van der Waals surface area contributed by atoms with Gasteiger partial charge >= 0.3 is 0 Å². The molecule has 210 valence electrons. The van der Waals surface area contributed by atoms with E-state index in [0.29, 0.717) is 43.5 Å². The van der Waals surface area contributed by atoms with Gasteiger partial charge in [0, 0.05) is 56.1 Å². The number of anilines is 1. The van der Waals surface area contributed by atoms with Gasteiger partial charge < -0.3 is 15.2 Å². The number of nitrogen functional groups attached to an aromatic ring is 1. The first-order valence-corrected chi connectivity index (χ1v) is 12.7. The Balaban J connectivity index is 1.36. The van der Waals surface area contributed by atoms with E-state index in [4.69, 9.17) is 5.73 Å². The second-order valence-corrected chi connectivity index (χ2v) is 10.2. The van der Waals surface area contributed by atoms with Crippen molar-refractivity contribution < 1.29 is 22.4 Å². The lowest BCUT2D eigenvalue weighted by atomic mass is 9.88. The summed E-state index contributed by atoms with van der Waals surface area (Å²) in [5, 5.41) is 0.525. The Labute approximate surface area is 227 Å². The van der Waals surface area contributed by atoms with Gasteiger partial charge in [0.2, 0.25) is 5.82 Å². The van der Waals surface area contributed by atoms with E-state index in [1.807, 2.05) is 10.6 Å². The van der Waals surface area contributed by atoms with Crippen LogP contribution >= 0.6 is 0 Å². The van der Waals surface area contributed by atoms with Crippen LogP contribution in [-0.2, 0) is 13.6 Å². The zero-order chi connectivity index (χ0) is 28.9. The molecule has 40 heavy (non-hydrogen) atoms. The van der Waals surface area contributed by atoms with E-state index in [-0.39, 0.29) is 22.7 Å². The quantitative estimate of drug-likeness (QED) is 0.376. The lowest BCUT2D eigenvalue weighted by Crippen LogP contribution is -2.33. The highest BCUT2D eigenvalue weighted by Crippen LogP contribution is 2.34. The molecular formula is C28H28F4N6O2. The Morgan fingerprint density at radius 2 is 1.73 bits per heavy atom. The summed E-state index contributed by atoms with van der Waals surface area (Å²) in [5.74, 6) is -4.65. The highest BCUT2D eigenvalue weighted by atomic mass is 19.1. The Kier molecular flexibility index (Phi) is 7.13. The van der Waals surface area contributed by atoms with Crippen LogP contribution in [0.1, 0.15) is 40.4 Å². The summed E-state index contributed by atoms with van der Waals surface area (Å²) >= 11 is 0. The molecule has 1 saturated heterocycles. The number of aromatic nitrogens is 3. The van der Waals surface area contributed by atoms with E-state index in [9.17, 15) is 27.2 Å². The van der Waals surface area contributed by atoms with Gasteiger partial charge in [0.1, 0.15) is 23.0 Å². The molecule has 1 amide bonds. The smallest absolute Gasteiger partial charge is 0.293 e. The molecule has 0 atom stereocenters. The van der Waals surface area contributed by atoms with Gasteiger partial charge in [0.05, 0.1) is 11.9 Å². The molecule has 0 aliphatic carbocycles. The molecule has 0 bridgehead atoms. The Morgan fingerprint density at radius 1 is 1.07 bits per heavy atom. The molecule has 0 saturated carbocycles. The van der Waals surface area contributed by atoms with E-state index in [1.165, 1.54) is 31.3 Å². The molecule has 0 radical (unpaired) electrons. The Bertz CT molecular complexity index is 1670. The van der Waals surface area contributed by atoms with Crippen molar-refractivity contribution >= 4 is 22.6 Å². The SMILES string of the molecule is CN(C)C(=O)c1cc(F)c(C2CCN(Cc3cc4c(-n5cc(F)c(N)c(F)c5=O)ccnc4n3C)CC2)c(F)c1. The van der Waals surface area contributed by atoms with Gasteiger partial charge in [-0.25, -0.2) is 18.2 Å². The third-order valence-electron chi connectivity index (χ3n) is 7.52. The number of hydrogen-bond donors (Lipinski definition) is 1. The number of halogens is 4. The van der Waals surface area contributed by atoms with Crippen LogP contribution in [0.4, 0.5) is 23.2 Å². The molecule has 0 spiro atoms. The van der Waals surface area contributed by atoms with Gasteiger partial charge in [-0.1, -0.05) is 0 Å². The van der Waals surface area contributed by atoms with Crippen LogP contribution in [0.3, 0.4) is 0 Å². The summed E-state index contributed by atoms with van der Waals surface area (Å²) in [7, 11) is 4.84. The number of piperidine rings is 1. The first-order valence-electron chi connectivity index (χ1n) is 12.7. The molecule has 12 heteroatoms. The van der Waals surface area contributed by atoms with Gasteiger partial charge in [0.15, 0.2) is 5.82 Å². The standard InChI is InChI=1S/C28H28F4N6O2/c1-35(2)27(39)16-10-19(29)23(20(30)11-16)15-5-8-37(9-6-15)13-17-12-18-22(4-7-34-26(18)36(17)3)38-14-21(31)25(33)24(32)28(38)40/h4,7,10-12,14-15H,5-6,8-9,13,33H2,1-3H3. The molecule has 1 fully saturated rings. The largest absolute Gasteiger partial charge is 0.394 e. The maximum Gasteiger partial charge on any atom is 0.293 e. The second-order valence-electron chi connectivity index (χ2n) is 10.2. The van der Waals surface area contributed by atoms with Crippen molar-refractivity contribution in [3.63, 3.8) is 0 Å². The van der Waals surface area contributed by atoms with E-state index in [0.717, 1.165) is 28.6 Å². The van der Waals surface area contributed by atoms with E-state index < -0.39 is 40.4 Å². The number of pyridine rings is 2. The highest BCUT2D eigenvalue weighted by molar-refractivity contribution is 5.94. The van der Waals surface area contributed by atoms with E-state index in [2.05, 4.69) is 9.88 Å². The predicted molar refractivity (Wildman–Crippen MR) is 142 cm³/mol. The summed E-state index contributed by atoms with van der Waals surface area (Å²) in [4.78, 5) is 32.4. The molecular weight excluding hydrogens is 528 g/mol. The fourth-order valence-electron chi connectivity index (χ4n) is 5.33. The lowest BCUT2D eigenvalue weighted by molar-refractivity contribution is 0.0826. The van der Waals surface area contributed by atoms with E-state index >= 15 is 0 Å². The first-order chi connectivity index (χ1) is 19.0. The van der Waals surface area contributed by atoms with Gasteiger partial charge in [-0.15, -0.1) is 0 Å². The van der Waals surface area contributed by atoms with Crippen LogP contribution in [0.2, 0.25) is 0 Å². The average molecular weight is 557 g/mol. The lowest BCUT2D eigenvalue weighted by Gasteiger charge is -2.32. The van der Waals surface area contributed by atoms with E-state index in [1.54, 1.807) is 7.05 Å². The number of likely N-dealkylation sites (tertiary alicyclic amines) is 1. The number of carbonyl (C=O) groups excluding carboxylic acids is 1. The number of nitrogens with zero attached hydrogens (tertiary/aromatic N) is 5. The summed E-state index contributed by atoms with van der Waals surface area (Å²) in [6.07, 6.45) is 3.34. The maximum absolute atomic E-state index is 14.9. The monoisotopic (exact) mass is 556 g/mol. The van der Waals surface area contributed by atoms with Gasteiger partial charge in [-0.05, 0) is 56.1 Å². The van der Waals surface area contributed by atoms with Crippen LogP contribution in [0, 0.1) is 23.3 Å². The number of carbonyl (C=O) groups is 1. The summed E-state index contributed by atoms with van der Waals surface area (Å²) in [6.45, 7) is 1.62. The summed E-state index contributed by atoms with van der Waals surface area (Å²) in [6, 6.07) is 5.49. The number of fused-ring (bicyclic) bond motifs is 1. The first kappa shape index (κ1) is 27.4. The average Bonchev–Trinajstić information content (AvgIpc) is 3.24. The zero-order valence-electron chi connectivity index (χ0n) is 22.2. The molecule has 2 N–H and O–H groups in total. The molecule has 5 rings (SSSR count). The Hall–Kier alpha value is -4.19. The molecule has 4 heterocycles. The van der Waals surface area contributed by atoms with Gasteiger partial charge in [-0.3, -0.25) is 19.1 Å². The van der Waals surface area contributed by atoms with Crippen LogP contribution < -0.4 is 11.3 Å². The van der Waals surface area contributed by atoms with Crippen molar-refractivity contribution in [2.45, 2.75) is 25.3 Å². The fourth-order valence-corrected chi connectivity index (χ4v) is 5.33. The zero-order valence-corrected chi connectivity index (χ0v) is 22.2. The minimum Gasteiger partial charge on any atom is -0.394 e. The van der Waals surface area contributed by atoms with Crippen LogP contribution in [-0.4, -0.2) is 57.0 Å². The number of nitrogens with two attached hydrogens (primary N) is 1. The number of rotatable bonds is 5. The molecule has 8 nitrogen and oxygen atoms in total. The highest BCUT2D eigenvalue weighted by Gasteiger charge is 2.28. The topological polar surface area (TPSA) is 89.4 Å². The van der Waals surface area contributed by atoms with Crippen molar-refractivity contribution in [2.24, 2.45) is 7.05 Å². The van der Waals surface area contributed by atoms with Crippen molar-refractivity contribution in [3.8, 4) is 5.69 Å². The van der Waals surface area contributed by atoms with Crippen LogP contribution in [0.5, 0.6) is 0 Å². The maximum atomic E-state index is 14.9. The van der Waals surface area contributed by atoms with Crippen molar-refractivity contribution in [1.29, 1.82) is 0 Å². The molecule has 1 aromatic carbocycles. The fraction of sp³-hybridized carbons (Fsp3) is 0.321. The van der Waals surface area contributed by atoms with Gasteiger partial charge in [0.25, 0.3) is 11.5 Å². The normalized spacial score (nSPS) is 14.7. The number of hydrogen-bond acceptors (Lipinski definition) is 5.